The highest BCUT2D eigenvalue weighted by Gasteiger charge is 2.23. The van der Waals surface area contributed by atoms with Crippen LogP contribution in [0, 0.1) is 0 Å². The third-order valence-electron chi connectivity index (χ3n) is 3.95. The number of hydrogen-bond donors (Lipinski definition) is 1. The molecule has 0 radical (unpaired) electrons. The van der Waals surface area contributed by atoms with Crippen LogP contribution in [0.4, 0.5) is 5.69 Å². The molecule has 5 nitrogen and oxygen atoms in total. The molecule has 24 heavy (non-hydrogen) atoms. The molecule has 3 aromatic rings. The van der Waals surface area contributed by atoms with E-state index >= 15 is 0 Å². The number of halogens is 1. The fourth-order valence-electron chi connectivity index (χ4n) is 2.76. The molecule has 1 fully saturated rings. The van der Waals surface area contributed by atoms with E-state index in [2.05, 4.69) is 10.3 Å². The van der Waals surface area contributed by atoms with Crippen molar-refractivity contribution in [2.75, 3.05) is 11.9 Å². The quantitative estimate of drug-likeness (QED) is 0.772. The molecule has 1 aromatic heterocycles. The zero-order chi connectivity index (χ0) is 16.5. The molecule has 1 atom stereocenters. The van der Waals surface area contributed by atoms with Gasteiger partial charge in [0.25, 0.3) is 5.91 Å². The lowest BCUT2D eigenvalue weighted by Gasteiger charge is -2.09. The number of aromatic nitrogens is 1. The number of fused-ring (bicyclic) bond motifs is 1. The fourth-order valence-corrected chi connectivity index (χ4v) is 2.95. The first-order valence-corrected chi connectivity index (χ1v) is 8.16. The molecule has 0 spiro atoms. The molecule has 1 unspecified atom stereocenters. The first kappa shape index (κ1) is 15.2. The Bertz CT molecular complexity index is 900. The number of amides is 1. The van der Waals surface area contributed by atoms with E-state index in [4.69, 9.17) is 20.8 Å². The van der Waals surface area contributed by atoms with Crippen LogP contribution in [-0.4, -0.2) is 23.6 Å². The number of carbonyl (C=O) groups is 1. The highest BCUT2D eigenvalue weighted by Crippen LogP contribution is 2.28. The number of nitrogens with zero attached hydrogens (tertiary/aromatic N) is 1. The van der Waals surface area contributed by atoms with Crippen LogP contribution in [-0.2, 0) is 9.53 Å². The summed E-state index contributed by atoms with van der Waals surface area (Å²) < 4.78 is 11.2. The summed E-state index contributed by atoms with van der Waals surface area (Å²) in [5, 5.41) is 3.49. The van der Waals surface area contributed by atoms with Gasteiger partial charge in [-0.05, 0) is 49.2 Å². The van der Waals surface area contributed by atoms with E-state index < -0.39 is 0 Å². The minimum Gasteiger partial charge on any atom is -0.436 e. The third kappa shape index (κ3) is 3.00. The van der Waals surface area contributed by atoms with Crippen molar-refractivity contribution < 1.29 is 13.9 Å². The van der Waals surface area contributed by atoms with Crippen molar-refractivity contribution in [3.05, 3.63) is 47.5 Å². The van der Waals surface area contributed by atoms with Crippen LogP contribution in [0.15, 0.2) is 46.9 Å². The molecular weight excluding hydrogens is 328 g/mol. The van der Waals surface area contributed by atoms with Crippen molar-refractivity contribution in [1.82, 2.24) is 4.98 Å². The molecule has 122 valence electrons. The van der Waals surface area contributed by atoms with Crippen LogP contribution in [0.3, 0.4) is 0 Å². The van der Waals surface area contributed by atoms with E-state index in [0.29, 0.717) is 34.3 Å². The molecule has 2 aromatic carbocycles. The number of oxazole rings is 1. The molecule has 4 rings (SSSR count). The second-order valence-electron chi connectivity index (χ2n) is 5.70. The van der Waals surface area contributed by atoms with E-state index in [1.165, 1.54) is 0 Å². The van der Waals surface area contributed by atoms with Gasteiger partial charge in [-0.3, -0.25) is 4.79 Å². The zero-order valence-electron chi connectivity index (χ0n) is 12.8. The lowest BCUT2D eigenvalue weighted by molar-refractivity contribution is -0.124. The Morgan fingerprint density at radius 1 is 1.25 bits per heavy atom. The lowest BCUT2D eigenvalue weighted by Crippen LogP contribution is -2.26. The number of nitrogens with one attached hydrogen (secondary N) is 1. The summed E-state index contributed by atoms with van der Waals surface area (Å²) in [4.78, 5) is 16.6. The maximum absolute atomic E-state index is 12.1. The largest absolute Gasteiger partial charge is 0.436 e. The van der Waals surface area contributed by atoms with Crippen molar-refractivity contribution in [1.29, 1.82) is 0 Å². The maximum Gasteiger partial charge on any atom is 0.253 e. The summed E-state index contributed by atoms with van der Waals surface area (Å²) >= 11 is 6.01. The Morgan fingerprint density at radius 2 is 2.17 bits per heavy atom. The van der Waals surface area contributed by atoms with E-state index in [1.807, 2.05) is 12.1 Å². The van der Waals surface area contributed by atoms with Crippen molar-refractivity contribution in [3.8, 4) is 11.5 Å². The normalized spacial score (nSPS) is 17.3. The fraction of sp³-hybridized carbons (Fsp3) is 0.222. The van der Waals surface area contributed by atoms with Crippen molar-refractivity contribution in [3.63, 3.8) is 0 Å². The number of rotatable bonds is 3. The monoisotopic (exact) mass is 342 g/mol. The number of ether oxygens (including phenoxy) is 1. The minimum absolute atomic E-state index is 0.120. The van der Waals surface area contributed by atoms with Gasteiger partial charge in [-0.15, -0.1) is 0 Å². The van der Waals surface area contributed by atoms with Crippen LogP contribution < -0.4 is 5.32 Å². The van der Waals surface area contributed by atoms with Gasteiger partial charge in [0.15, 0.2) is 5.58 Å². The average Bonchev–Trinajstić information content (AvgIpc) is 3.24. The number of hydrogen-bond acceptors (Lipinski definition) is 4. The molecule has 0 bridgehead atoms. The summed E-state index contributed by atoms with van der Waals surface area (Å²) in [5.74, 6) is 0.375. The van der Waals surface area contributed by atoms with Gasteiger partial charge in [-0.25, -0.2) is 4.98 Å². The first-order valence-electron chi connectivity index (χ1n) is 7.78. The predicted octanol–water partition coefficient (Wildman–Crippen LogP) is 4.27. The van der Waals surface area contributed by atoms with Crippen LogP contribution in [0.1, 0.15) is 12.8 Å². The van der Waals surface area contributed by atoms with Gasteiger partial charge in [-0.1, -0.05) is 17.7 Å². The average molecular weight is 343 g/mol. The van der Waals surface area contributed by atoms with Crippen LogP contribution in [0.2, 0.25) is 5.02 Å². The van der Waals surface area contributed by atoms with Gasteiger partial charge >= 0.3 is 0 Å². The Labute approximate surface area is 143 Å². The first-order chi connectivity index (χ1) is 11.7. The molecule has 1 amide bonds. The standard InChI is InChI=1S/C18H15ClN2O3/c19-12-4-1-3-11(9-12)18-21-14-10-13(6-7-15(14)24-18)20-17(22)16-5-2-8-23-16/h1,3-4,6-7,9-10,16H,2,5,8H2,(H,20,22). The van der Waals surface area contributed by atoms with Crippen LogP contribution in [0.25, 0.3) is 22.6 Å². The maximum atomic E-state index is 12.1. The van der Waals surface area contributed by atoms with E-state index in [9.17, 15) is 4.79 Å². The Kier molecular flexibility index (Phi) is 3.96. The molecule has 1 N–H and O–H groups in total. The van der Waals surface area contributed by atoms with Crippen LogP contribution >= 0.6 is 11.6 Å². The molecule has 1 aliphatic rings. The summed E-state index contributed by atoms with van der Waals surface area (Å²) in [6.07, 6.45) is 1.32. The van der Waals surface area contributed by atoms with E-state index in [0.717, 1.165) is 18.4 Å². The highest BCUT2D eigenvalue weighted by molar-refractivity contribution is 6.30. The summed E-state index contributed by atoms with van der Waals surface area (Å²) in [7, 11) is 0. The molecule has 0 aliphatic carbocycles. The number of benzene rings is 2. The minimum atomic E-state index is -0.361. The summed E-state index contributed by atoms with van der Waals surface area (Å²) in [6, 6.07) is 12.7. The van der Waals surface area contributed by atoms with Gasteiger partial charge in [0, 0.05) is 22.9 Å². The molecule has 0 saturated carbocycles. The van der Waals surface area contributed by atoms with Crippen molar-refractivity contribution in [2.45, 2.75) is 18.9 Å². The Balaban J connectivity index is 1.60. The Morgan fingerprint density at radius 3 is 2.96 bits per heavy atom. The van der Waals surface area contributed by atoms with Gasteiger partial charge in [0.05, 0.1) is 0 Å². The van der Waals surface area contributed by atoms with Crippen molar-refractivity contribution >= 4 is 34.3 Å². The molecule has 1 saturated heterocycles. The summed E-state index contributed by atoms with van der Waals surface area (Å²) in [5.41, 5.74) is 2.81. The molecule has 2 heterocycles. The smallest absolute Gasteiger partial charge is 0.253 e. The van der Waals surface area contributed by atoms with E-state index in [1.54, 1.807) is 30.3 Å². The topological polar surface area (TPSA) is 64.4 Å². The SMILES string of the molecule is O=C(Nc1ccc2oc(-c3cccc(Cl)c3)nc2c1)C1CCCO1. The second-order valence-corrected chi connectivity index (χ2v) is 6.14. The highest BCUT2D eigenvalue weighted by atomic mass is 35.5. The van der Waals surface area contributed by atoms with E-state index in [-0.39, 0.29) is 12.0 Å². The number of carbonyl (C=O) groups excluding carboxylic acids is 1. The lowest BCUT2D eigenvalue weighted by atomic mass is 10.2. The van der Waals surface area contributed by atoms with Gasteiger partial charge in [0.2, 0.25) is 5.89 Å². The predicted molar refractivity (Wildman–Crippen MR) is 92.1 cm³/mol. The van der Waals surface area contributed by atoms with Gasteiger partial charge in [0.1, 0.15) is 11.6 Å². The molecular formula is C18H15ClN2O3. The second kappa shape index (κ2) is 6.26. The molecule has 1 aliphatic heterocycles. The van der Waals surface area contributed by atoms with Gasteiger partial charge < -0.3 is 14.5 Å². The van der Waals surface area contributed by atoms with Crippen LogP contribution in [0.5, 0.6) is 0 Å². The van der Waals surface area contributed by atoms with Gasteiger partial charge in [-0.2, -0.15) is 0 Å². The zero-order valence-corrected chi connectivity index (χ0v) is 13.5. The third-order valence-corrected chi connectivity index (χ3v) is 4.18. The molecule has 6 heteroatoms. The van der Waals surface area contributed by atoms with Crippen molar-refractivity contribution in [2.24, 2.45) is 0 Å². The Hall–Kier alpha value is -2.37. The summed E-state index contributed by atoms with van der Waals surface area (Å²) in [6.45, 7) is 0.642. The number of anilines is 1.